The number of thiophene rings is 1. The first kappa shape index (κ1) is 23.3. The predicted octanol–water partition coefficient (Wildman–Crippen LogP) is 3.40. The van der Waals surface area contributed by atoms with E-state index in [0.29, 0.717) is 34.0 Å². The van der Waals surface area contributed by atoms with E-state index in [1.165, 1.54) is 18.4 Å². The fraction of sp³-hybridized carbons (Fsp3) is 0.476. The standard InChI is InChI=1S/C21H26N6O4S2/c1-12-11-33-18(20(28)29-4)17(12)23-21(32)27-7-5-6-26(8-9-27)10-15-22-19(31-25-15)16-13(2)24-30-14(16)3/h11H,5-10H2,1-4H3,(H,23,32). The van der Waals surface area contributed by atoms with E-state index in [0.717, 1.165) is 55.1 Å². The molecule has 3 aromatic heterocycles. The van der Waals surface area contributed by atoms with Gasteiger partial charge in [-0.05, 0) is 50.4 Å². The summed E-state index contributed by atoms with van der Waals surface area (Å²) in [6.07, 6.45) is 0.933. The quantitative estimate of drug-likeness (QED) is 0.420. The molecule has 0 radical (unpaired) electrons. The lowest BCUT2D eigenvalue weighted by atomic mass is 10.2. The number of hydrogen-bond donors (Lipinski definition) is 1. The van der Waals surface area contributed by atoms with E-state index in [2.05, 4.69) is 30.4 Å². The van der Waals surface area contributed by atoms with Crippen molar-refractivity contribution in [3.8, 4) is 11.5 Å². The first-order valence-corrected chi connectivity index (χ1v) is 11.9. The van der Waals surface area contributed by atoms with Crippen LogP contribution in [0.3, 0.4) is 0 Å². The lowest BCUT2D eigenvalue weighted by Crippen LogP contribution is -2.38. The molecule has 176 valence electrons. The third kappa shape index (κ3) is 5.07. The molecule has 1 aliphatic rings. The number of carbonyl (C=O) groups excluding carboxylic acids is 1. The molecule has 33 heavy (non-hydrogen) atoms. The lowest BCUT2D eigenvalue weighted by molar-refractivity contribution is 0.0607. The van der Waals surface area contributed by atoms with E-state index >= 15 is 0 Å². The van der Waals surface area contributed by atoms with E-state index in [4.69, 9.17) is 26.0 Å². The minimum Gasteiger partial charge on any atom is -0.465 e. The maximum Gasteiger partial charge on any atom is 0.350 e. The fourth-order valence-corrected chi connectivity index (χ4v) is 4.98. The number of ether oxygens (including phenoxy) is 1. The minimum atomic E-state index is -0.364. The molecule has 4 rings (SSSR count). The van der Waals surface area contributed by atoms with Crippen LogP contribution in [-0.4, -0.2) is 69.5 Å². The van der Waals surface area contributed by atoms with Gasteiger partial charge in [-0.15, -0.1) is 11.3 Å². The third-order valence-corrected chi connectivity index (χ3v) is 6.97. The molecule has 3 aromatic rings. The number of anilines is 1. The Morgan fingerprint density at radius 3 is 2.76 bits per heavy atom. The van der Waals surface area contributed by atoms with Crippen LogP contribution in [0.2, 0.25) is 0 Å². The summed E-state index contributed by atoms with van der Waals surface area (Å²) in [7, 11) is 1.38. The average Bonchev–Trinajstić information content (AvgIpc) is 3.43. The van der Waals surface area contributed by atoms with Crippen LogP contribution in [0.15, 0.2) is 14.4 Å². The Kier molecular flexibility index (Phi) is 7.05. The summed E-state index contributed by atoms with van der Waals surface area (Å²) in [6, 6.07) is 0. The molecular formula is C21H26N6O4S2. The van der Waals surface area contributed by atoms with Crippen molar-refractivity contribution in [3.63, 3.8) is 0 Å². The Morgan fingerprint density at radius 2 is 2.03 bits per heavy atom. The van der Waals surface area contributed by atoms with Crippen molar-refractivity contribution < 1.29 is 18.6 Å². The molecule has 12 heteroatoms. The Balaban J connectivity index is 1.36. The molecule has 0 atom stereocenters. The van der Waals surface area contributed by atoms with Crippen molar-refractivity contribution in [1.29, 1.82) is 0 Å². The van der Waals surface area contributed by atoms with Gasteiger partial charge in [0, 0.05) is 26.2 Å². The molecule has 1 N–H and O–H groups in total. The van der Waals surface area contributed by atoms with E-state index < -0.39 is 0 Å². The second kappa shape index (κ2) is 9.98. The summed E-state index contributed by atoms with van der Waals surface area (Å²) in [5.41, 5.74) is 3.16. The molecule has 10 nitrogen and oxygen atoms in total. The van der Waals surface area contributed by atoms with Crippen molar-refractivity contribution in [2.24, 2.45) is 0 Å². The van der Waals surface area contributed by atoms with Gasteiger partial charge in [0.05, 0.1) is 25.0 Å². The van der Waals surface area contributed by atoms with E-state index in [9.17, 15) is 4.79 Å². The highest BCUT2D eigenvalue weighted by Crippen LogP contribution is 2.29. The highest BCUT2D eigenvalue weighted by molar-refractivity contribution is 7.80. The Morgan fingerprint density at radius 1 is 1.21 bits per heavy atom. The van der Waals surface area contributed by atoms with Crippen molar-refractivity contribution in [1.82, 2.24) is 25.1 Å². The van der Waals surface area contributed by atoms with Crippen molar-refractivity contribution in [2.45, 2.75) is 33.7 Å². The summed E-state index contributed by atoms with van der Waals surface area (Å²) in [5.74, 6) is 1.34. The summed E-state index contributed by atoms with van der Waals surface area (Å²) in [4.78, 5) is 21.5. The number of aromatic nitrogens is 3. The largest absolute Gasteiger partial charge is 0.465 e. The smallest absolute Gasteiger partial charge is 0.350 e. The van der Waals surface area contributed by atoms with Crippen molar-refractivity contribution >= 4 is 40.3 Å². The molecule has 0 bridgehead atoms. The lowest BCUT2D eigenvalue weighted by Gasteiger charge is -2.24. The monoisotopic (exact) mass is 490 g/mol. The second-order valence-corrected chi connectivity index (χ2v) is 9.14. The van der Waals surface area contributed by atoms with Crippen LogP contribution >= 0.6 is 23.6 Å². The number of carbonyl (C=O) groups is 1. The summed E-state index contributed by atoms with van der Waals surface area (Å²) >= 11 is 7.01. The van der Waals surface area contributed by atoms with E-state index in [-0.39, 0.29) is 5.97 Å². The number of rotatable bonds is 5. The Bertz CT molecular complexity index is 1130. The van der Waals surface area contributed by atoms with Crippen molar-refractivity contribution in [3.05, 3.63) is 33.1 Å². The molecule has 0 spiro atoms. The van der Waals surface area contributed by atoms with Gasteiger partial charge in [0.25, 0.3) is 5.89 Å². The van der Waals surface area contributed by atoms with Gasteiger partial charge in [0.15, 0.2) is 10.9 Å². The first-order valence-electron chi connectivity index (χ1n) is 10.6. The zero-order valence-corrected chi connectivity index (χ0v) is 20.6. The molecule has 0 saturated carbocycles. The zero-order valence-electron chi connectivity index (χ0n) is 19.0. The van der Waals surface area contributed by atoms with Crippen LogP contribution in [-0.2, 0) is 11.3 Å². The van der Waals surface area contributed by atoms with Gasteiger partial charge in [-0.1, -0.05) is 10.3 Å². The van der Waals surface area contributed by atoms with Gasteiger partial charge >= 0.3 is 5.97 Å². The Labute approximate surface area is 200 Å². The van der Waals surface area contributed by atoms with Crippen LogP contribution in [0.4, 0.5) is 5.69 Å². The number of nitrogens with zero attached hydrogens (tertiary/aromatic N) is 5. The number of methoxy groups -OCH3 is 1. The first-order chi connectivity index (χ1) is 15.9. The molecule has 4 heterocycles. The van der Waals surface area contributed by atoms with Gasteiger partial charge in [0.2, 0.25) is 0 Å². The van der Waals surface area contributed by atoms with Crippen molar-refractivity contribution in [2.75, 3.05) is 38.6 Å². The molecule has 0 aromatic carbocycles. The third-order valence-electron chi connectivity index (χ3n) is 5.53. The predicted molar refractivity (Wildman–Crippen MR) is 127 cm³/mol. The van der Waals surface area contributed by atoms with Gasteiger partial charge in [-0.2, -0.15) is 4.98 Å². The molecule has 1 saturated heterocycles. The Hall–Kier alpha value is -2.83. The topological polar surface area (TPSA) is 110 Å². The number of thiocarbonyl (C=S) groups is 1. The summed E-state index contributed by atoms with van der Waals surface area (Å²) in [6.45, 7) is 9.44. The maximum absolute atomic E-state index is 12.0. The second-order valence-electron chi connectivity index (χ2n) is 7.88. The molecule has 0 amide bonds. The van der Waals surface area contributed by atoms with Gasteiger partial charge < -0.3 is 24.0 Å². The van der Waals surface area contributed by atoms with Gasteiger partial charge in [-0.3, -0.25) is 4.90 Å². The molecule has 1 fully saturated rings. The van der Waals surface area contributed by atoms with Crippen LogP contribution in [0.25, 0.3) is 11.5 Å². The molecule has 0 unspecified atom stereocenters. The highest BCUT2D eigenvalue weighted by atomic mass is 32.1. The molecule has 0 aliphatic carbocycles. The average molecular weight is 491 g/mol. The minimum absolute atomic E-state index is 0.364. The van der Waals surface area contributed by atoms with E-state index in [1.54, 1.807) is 0 Å². The van der Waals surface area contributed by atoms with E-state index in [1.807, 2.05) is 26.2 Å². The van der Waals surface area contributed by atoms with Crippen LogP contribution in [0.5, 0.6) is 0 Å². The number of hydrogen-bond acceptors (Lipinski definition) is 10. The number of aryl methyl sites for hydroxylation is 3. The summed E-state index contributed by atoms with van der Waals surface area (Å²) < 4.78 is 15.5. The zero-order chi connectivity index (χ0) is 23.5. The number of esters is 1. The fourth-order valence-electron chi connectivity index (χ4n) is 3.77. The van der Waals surface area contributed by atoms with Gasteiger partial charge in [-0.25, -0.2) is 4.79 Å². The van der Waals surface area contributed by atoms with Gasteiger partial charge in [0.1, 0.15) is 16.2 Å². The molecule has 1 aliphatic heterocycles. The van der Waals surface area contributed by atoms with Crippen LogP contribution < -0.4 is 5.32 Å². The SMILES string of the molecule is COC(=O)c1scc(C)c1NC(=S)N1CCCN(Cc2noc(-c3c(C)noc3C)n2)CC1. The maximum atomic E-state index is 12.0. The summed E-state index contributed by atoms with van der Waals surface area (Å²) in [5, 5.41) is 13.9. The highest BCUT2D eigenvalue weighted by Gasteiger charge is 2.23. The van der Waals surface area contributed by atoms with Crippen LogP contribution in [0, 0.1) is 20.8 Å². The normalized spacial score (nSPS) is 14.8. The molecular weight excluding hydrogens is 464 g/mol. The van der Waals surface area contributed by atoms with Crippen LogP contribution in [0.1, 0.15) is 38.9 Å². The number of nitrogens with one attached hydrogen (secondary N) is 1.